The topological polar surface area (TPSA) is 59.0 Å². The monoisotopic (exact) mass is 218 g/mol. The summed E-state index contributed by atoms with van der Waals surface area (Å²) in [6.45, 7) is 4.83. The zero-order valence-corrected chi connectivity index (χ0v) is 9.86. The maximum Gasteiger partial charge on any atom is 0.123 e. The Balaban J connectivity index is 2.53. The summed E-state index contributed by atoms with van der Waals surface area (Å²) in [6.07, 6.45) is 0.711. The van der Waals surface area contributed by atoms with E-state index in [1.807, 2.05) is 38.1 Å². The third-order valence-electron chi connectivity index (χ3n) is 2.48. The number of benzene rings is 1. The fourth-order valence-electron chi connectivity index (χ4n) is 1.29. The van der Waals surface area contributed by atoms with Gasteiger partial charge in [0.1, 0.15) is 5.75 Å². The van der Waals surface area contributed by atoms with Gasteiger partial charge in [0.15, 0.2) is 0 Å². The van der Waals surface area contributed by atoms with Crippen molar-refractivity contribution in [2.75, 3.05) is 6.61 Å². The Labute approximate surface area is 96.8 Å². The van der Waals surface area contributed by atoms with Crippen molar-refractivity contribution in [3.63, 3.8) is 0 Å². The predicted octanol–water partition coefficient (Wildman–Crippen LogP) is 2.46. The number of para-hydroxylation sites is 1. The van der Waals surface area contributed by atoms with Crippen molar-refractivity contribution in [1.82, 2.24) is 0 Å². The molecule has 86 valence electrons. The summed E-state index contributed by atoms with van der Waals surface area (Å²) in [5.74, 6) is 0.818. The van der Waals surface area contributed by atoms with E-state index in [9.17, 15) is 0 Å². The summed E-state index contributed by atoms with van der Waals surface area (Å²) in [7, 11) is 0. The lowest BCUT2D eigenvalue weighted by molar-refractivity contribution is 0.262. The number of nitriles is 1. The van der Waals surface area contributed by atoms with Gasteiger partial charge in [0, 0.05) is 12.1 Å². The van der Waals surface area contributed by atoms with Gasteiger partial charge in [-0.15, -0.1) is 0 Å². The summed E-state index contributed by atoms with van der Waals surface area (Å²) in [5, 5.41) is 8.87. The number of ether oxygens (including phenoxy) is 1. The Bertz CT molecular complexity index is 380. The van der Waals surface area contributed by atoms with Crippen LogP contribution in [0.3, 0.4) is 0 Å². The van der Waals surface area contributed by atoms with Crippen LogP contribution in [0.2, 0.25) is 0 Å². The Hall–Kier alpha value is -1.53. The van der Waals surface area contributed by atoms with Crippen LogP contribution in [0.15, 0.2) is 24.3 Å². The van der Waals surface area contributed by atoms with E-state index in [4.69, 9.17) is 15.7 Å². The third kappa shape index (κ3) is 3.56. The largest absolute Gasteiger partial charge is 0.493 e. The van der Waals surface area contributed by atoms with Crippen LogP contribution in [0, 0.1) is 16.7 Å². The minimum absolute atomic E-state index is 0.336. The smallest absolute Gasteiger partial charge is 0.123 e. The lowest BCUT2D eigenvalue weighted by atomic mass is 9.92. The number of nitrogens with zero attached hydrogens (tertiary/aromatic N) is 1. The van der Waals surface area contributed by atoms with Crippen molar-refractivity contribution in [3.05, 3.63) is 29.8 Å². The van der Waals surface area contributed by atoms with Gasteiger partial charge >= 0.3 is 0 Å². The van der Waals surface area contributed by atoms with Gasteiger partial charge in [0.05, 0.1) is 18.1 Å². The zero-order valence-electron chi connectivity index (χ0n) is 9.86. The van der Waals surface area contributed by atoms with Crippen LogP contribution in [0.5, 0.6) is 5.75 Å². The lowest BCUT2D eigenvalue weighted by Crippen LogP contribution is -2.14. The molecule has 0 radical (unpaired) electrons. The molecule has 0 fully saturated rings. The molecule has 1 aromatic rings. The highest BCUT2D eigenvalue weighted by molar-refractivity contribution is 5.32. The second-order valence-corrected chi connectivity index (χ2v) is 4.41. The van der Waals surface area contributed by atoms with Crippen molar-refractivity contribution in [2.24, 2.45) is 11.1 Å². The highest BCUT2D eigenvalue weighted by atomic mass is 16.5. The summed E-state index contributed by atoms with van der Waals surface area (Å²) < 4.78 is 5.63. The van der Waals surface area contributed by atoms with E-state index in [1.165, 1.54) is 0 Å². The first-order valence-corrected chi connectivity index (χ1v) is 5.41. The molecule has 0 heterocycles. The molecule has 0 aliphatic heterocycles. The first-order valence-electron chi connectivity index (χ1n) is 5.41. The molecular formula is C13H18N2O. The van der Waals surface area contributed by atoms with Crippen LogP contribution in [0.25, 0.3) is 0 Å². The van der Waals surface area contributed by atoms with Gasteiger partial charge in [0.2, 0.25) is 0 Å². The second kappa shape index (κ2) is 5.53. The van der Waals surface area contributed by atoms with E-state index in [-0.39, 0.29) is 5.41 Å². The minimum atomic E-state index is -0.336. The molecule has 0 aliphatic carbocycles. The number of hydrogen-bond acceptors (Lipinski definition) is 3. The molecule has 1 rings (SSSR count). The molecule has 1 aromatic carbocycles. The fraction of sp³-hybridized carbons (Fsp3) is 0.462. The van der Waals surface area contributed by atoms with Crippen molar-refractivity contribution >= 4 is 0 Å². The zero-order chi connectivity index (χ0) is 12.0. The average molecular weight is 218 g/mol. The third-order valence-corrected chi connectivity index (χ3v) is 2.48. The molecule has 0 amide bonds. The van der Waals surface area contributed by atoms with Gasteiger partial charge in [-0.05, 0) is 26.3 Å². The Kier molecular flexibility index (Phi) is 4.33. The van der Waals surface area contributed by atoms with Crippen molar-refractivity contribution < 1.29 is 4.74 Å². The van der Waals surface area contributed by atoms with E-state index < -0.39 is 0 Å². The summed E-state index contributed by atoms with van der Waals surface area (Å²) in [6, 6.07) is 9.96. The van der Waals surface area contributed by atoms with Gasteiger partial charge in [-0.25, -0.2) is 0 Å². The van der Waals surface area contributed by atoms with Crippen molar-refractivity contribution in [1.29, 1.82) is 5.26 Å². The molecule has 3 heteroatoms. The minimum Gasteiger partial charge on any atom is -0.493 e. The van der Waals surface area contributed by atoms with Gasteiger partial charge in [-0.3, -0.25) is 0 Å². The molecule has 0 saturated carbocycles. The maximum atomic E-state index is 8.87. The van der Waals surface area contributed by atoms with E-state index >= 15 is 0 Å². The molecule has 0 spiro atoms. The molecule has 0 atom stereocenters. The number of rotatable bonds is 5. The Morgan fingerprint density at radius 2 is 2.06 bits per heavy atom. The van der Waals surface area contributed by atoms with Crippen LogP contribution >= 0.6 is 0 Å². The molecule has 0 saturated heterocycles. The average Bonchev–Trinajstić information content (AvgIpc) is 2.29. The molecule has 0 unspecified atom stereocenters. The van der Waals surface area contributed by atoms with Crippen molar-refractivity contribution in [3.8, 4) is 11.8 Å². The molecule has 3 nitrogen and oxygen atoms in total. The first-order chi connectivity index (χ1) is 7.59. The van der Waals surface area contributed by atoms with Crippen LogP contribution in [0.4, 0.5) is 0 Å². The molecule has 16 heavy (non-hydrogen) atoms. The second-order valence-electron chi connectivity index (χ2n) is 4.41. The molecular weight excluding hydrogens is 200 g/mol. The predicted molar refractivity (Wildman–Crippen MR) is 63.8 cm³/mol. The molecule has 0 bridgehead atoms. The van der Waals surface area contributed by atoms with Crippen LogP contribution < -0.4 is 10.5 Å². The molecule has 2 N–H and O–H groups in total. The summed E-state index contributed by atoms with van der Waals surface area (Å²) >= 11 is 0. The Morgan fingerprint density at radius 1 is 1.38 bits per heavy atom. The maximum absolute atomic E-state index is 8.87. The van der Waals surface area contributed by atoms with Crippen LogP contribution in [0.1, 0.15) is 25.8 Å². The lowest BCUT2D eigenvalue weighted by Gasteiger charge is -2.16. The highest BCUT2D eigenvalue weighted by Crippen LogP contribution is 2.21. The van der Waals surface area contributed by atoms with E-state index in [1.54, 1.807) is 0 Å². The number of hydrogen-bond donors (Lipinski definition) is 1. The molecule has 0 aliphatic rings. The van der Waals surface area contributed by atoms with Gasteiger partial charge in [-0.1, -0.05) is 18.2 Å². The van der Waals surface area contributed by atoms with Gasteiger partial charge in [0.25, 0.3) is 0 Å². The van der Waals surface area contributed by atoms with Crippen molar-refractivity contribution in [2.45, 2.75) is 26.8 Å². The normalized spacial score (nSPS) is 10.9. The summed E-state index contributed by atoms with van der Waals surface area (Å²) in [4.78, 5) is 0. The number of nitrogens with two attached hydrogens (primary N) is 1. The highest BCUT2D eigenvalue weighted by Gasteiger charge is 2.16. The van der Waals surface area contributed by atoms with E-state index in [0.29, 0.717) is 19.6 Å². The standard InChI is InChI=1S/C13H18N2O/c1-13(2,10-15)7-8-16-12-6-4-3-5-11(12)9-14/h3-6H,7-9,14H2,1-2H3. The molecule has 0 aromatic heterocycles. The van der Waals surface area contributed by atoms with Gasteiger partial charge < -0.3 is 10.5 Å². The van der Waals surface area contributed by atoms with Crippen LogP contribution in [-0.2, 0) is 6.54 Å². The van der Waals surface area contributed by atoms with Crippen LogP contribution in [-0.4, -0.2) is 6.61 Å². The summed E-state index contributed by atoms with van der Waals surface area (Å²) in [5.41, 5.74) is 6.26. The quantitative estimate of drug-likeness (QED) is 0.825. The SMILES string of the molecule is CC(C)(C#N)CCOc1ccccc1CN. The fourth-order valence-corrected chi connectivity index (χ4v) is 1.29. The van der Waals surface area contributed by atoms with E-state index in [0.717, 1.165) is 11.3 Å². The first kappa shape index (κ1) is 12.5. The van der Waals surface area contributed by atoms with E-state index in [2.05, 4.69) is 6.07 Å². The van der Waals surface area contributed by atoms with Gasteiger partial charge in [-0.2, -0.15) is 5.26 Å². The Morgan fingerprint density at radius 3 is 2.69 bits per heavy atom.